The van der Waals surface area contributed by atoms with Gasteiger partial charge in [-0.25, -0.2) is 0 Å². The maximum atomic E-state index is 5.46. The Labute approximate surface area is 167 Å². The maximum Gasteiger partial charge on any atom is 0.171 e. The van der Waals surface area contributed by atoms with Crippen molar-refractivity contribution in [2.24, 2.45) is 5.92 Å². The zero-order valence-electron chi connectivity index (χ0n) is 16.4. The van der Waals surface area contributed by atoms with E-state index in [1.807, 2.05) is 24.3 Å². The van der Waals surface area contributed by atoms with Crippen LogP contribution in [0.1, 0.15) is 38.3 Å². The van der Waals surface area contributed by atoms with Crippen LogP contribution < -0.4 is 20.3 Å². The first-order valence-corrected chi connectivity index (χ1v) is 10.0. The molecule has 27 heavy (non-hydrogen) atoms. The van der Waals surface area contributed by atoms with Crippen LogP contribution in [0.3, 0.4) is 0 Å². The average molecular weight is 384 g/mol. The van der Waals surface area contributed by atoms with Crippen molar-refractivity contribution in [2.75, 3.05) is 30.4 Å². The number of nitrogens with one attached hydrogen (secondary N) is 2. The molecule has 0 radical (unpaired) electrons. The van der Waals surface area contributed by atoms with Crippen molar-refractivity contribution in [3.05, 3.63) is 54.1 Å². The SMILES string of the molecule is COc1cccc(NC(=S)N[C@H](C)c2ccc(N3CCC[C@H](C)C3)cc2)c1. The number of piperidine rings is 1. The van der Waals surface area contributed by atoms with Gasteiger partial charge >= 0.3 is 0 Å². The van der Waals surface area contributed by atoms with Crippen molar-refractivity contribution >= 4 is 28.7 Å². The molecule has 0 amide bonds. The summed E-state index contributed by atoms with van der Waals surface area (Å²) >= 11 is 5.46. The number of benzene rings is 2. The summed E-state index contributed by atoms with van der Waals surface area (Å²) in [6.45, 7) is 6.77. The third kappa shape index (κ3) is 5.36. The van der Waals surface area contributed by atoms with Crippen LogP contribution in [0.2, 0.25) is 0 Å². The molecular formula is C22H29N3OS. The molecule has 2 atom stereocenters. The molecule has 2 N–H and O–H groups in total. The molecule has 1 heterocycles. The molecule has 1 saturated heterocycles. The standard InChI is InChI=1S/C22H29N3OS/c1-16-6-5-13-25(15-16)20-11-9-18(10-12-20)17(2)23-22(27)24-19-7-4-8-21(14-19)26-3/h4,7-12,14,16-17H,5-6,13,15H2,1-3H3,(H2,23,24,27)/t16-,17+/m0/s1. The van der Waals surface area contributed by atoms with Crippen LogP contribution in [0.25, 0.3) is 0 Å². The van der Waals surface area contributed by atoms with E-state index in [0.29, 0.717) is 5.11 Å². The van der Waals surface area contributed by atoms with Gasteiger partial charge in [0, 0.05) is 30.5 Å². The lowest BCUT2D eigenvalue weighted by molar-refractivity contribution is 0.415. The summed E-state index contributed by atoms with van der Waals surface area (Å²) in [4.78, 5) is 2.49. The Morgan fingerprint density at radius 3 is 2.70 bits per heavy atom. The summed E-state index contributed by atoms with van der Waals surface area (Å²) in [7, 11) is 1.66. The first-order chi connectivity index (χ1) is 13.0. The number of anilines is 2. The smallest absolute Gasteiger partial charge is 0.171 e. The van der Waals surface area contributed by atoms with Gasteiger partial charge in [0.1, 0.15) is 5.75 Å². The summed E-state index contributed by atoms with van der Waals surface area (Å²) < 4.78 is 5.25. The van der Waals surface area contributed by atoms with E-state index >= 15 is 0 Å². The van der Waals surface area contributed by atoms with Gasteiger partial charge in [0.2, 0.25) is 0 Å². The number of hydrogen-bond acceptors (Lipinski definition) is 3. The molecule has 1 aliphatic rings. The first kappa shape index (κ1) is 19.5. The summed E-state index contributed by atoms with van der Waals surface area (Å²) in [5.41, 5.74) is 3.45. The monoisotopic (exact) mass is 383 g/mol. The molecule has 2 aromatic rings. The second kappa shape index (κ2) is 9.09. The predicted octanol–water partition coefficient (Wildman–Crippen LogP) is 4.98. The van der Waals surface area contributed by atoms with Crippen molar-refractivity contribution in [2.45, 2.75) is 32.7 Å². The number of hydrogen-bond donors (Lipinski definition) is 2. The molecule has 1 fully saturated rings. The lowest BCUT2D eigenvalue weighted by Gasteiger charge is -2.33. The van der Waals surface area contributed by atoms with Crippen LogP contribution in [0, 0.1) is 5.92 Å². The van der Waals surface area contributed by atoms with Crippen molar-refractivity contribution in [3.63, 3.8) is 0 Å². The Balaban J connectivity index is 1.57. The number of rotatable bonds is 5. The van der Waals surface area contributed by atoms with Crippen LogP contribution in [-0.4, -0.2) is 25.3 Å². The van der Waals surface area contributed by atoms with E-state index in [1.165, 1.54) is 24.1 Å². The Bertz CT molecular complexity index is 762. The van der Waals surface area contributed by atoms with E-state index in [2.05, 4.69) is 53.6 Å². The zero-order chi connectivity index (χ0) is 19.2. The average Bonchev–Trinajstić information content (AvgIpc) is 2.68. The normalized spacial score (nSPS) is 17.9. The van der Waals surface area contributed by atoms with Gasteiger partial charge in [-0.2, -0.15) is 0 Å². The second-order valence-corrected chi connectivity index (χ2v) is 7.75. The zero-order valence-corrected chi connectivity index (χ0v) is 17.2. The molecule has 0 saturated carbocycles. The van der Waals surface area contributed by atoms with Crippen molar-refractivity contribution in [1.29, 1.82) is 0 Å². The third-order valence-electron chi connectivity index (χ3n) is 5.09. The van der Waals surface area contributed by atoms with Crippen LogP contribution in [0.5, 0.6) is 5.75 Å². The molecule has 0 bridgehead atoms. The van der Waals surface area contributed by atoms with Crippen molar-refractivity contribution < 1.29 is 4.74 Å². The molecule has 144 valence electrons. The number of methoxy groups -OCH3 is 1. The highest BCUT2D eigenvalue weighted by Crippen LogP contribution is 2.25. The second-order valence-electron chi connectivity index (χ2n) is 7.34. The minimum Gasteiger partial charge on any atom is -0.497 e. The fourth-order valence-corrected chi connectivity index (χ4v) is 3.84. The molecule has 0 spiro atoms. The lowest BCUT2D eigenvalue weighted by Crippen LogP contribution is -2.34. The van der Waals surface area contributed by atoms with E-state index in [-0.39, 0.29) is 6.04 Å². The molecule has 0 unspecified atom stereocenters. The molecule has 1 aliphatic heterocycles. The third-order valence-corrected chi connectivity index (χ3v) is 5.31. The summed E-state index contributed by atoms with van der Waals surface area (Å²) in [6, 6.07) is 16.7. The van der Waals surface area contributed by atoms with Gasteiger partial charge in [-0.05, 0) is 67.7 Å². The van der Waals surface area contributed by atoms with E-state index in [1.54, 1.807) is 7.11 Å². The van der Waals surface area contributed by atoms with Gasteiger partial charge in [-0.15, -0.1) is 0 Å². The highest BCUT2D eigenvalue weighted by molar-refractivity contribution is 7.80. The summed E-state index contributed by atoms with van der Waals surface area (Å²) in [5.74, 6) is 1.58. The van der Waals surface area contributed by atoms with Crippen molar-refractivity contribution in [1.82, 2.24) is 5.32 Å². The van der Waals surface area contributed by atoms with E-state index in [9.17, 15) is 0 Å². The minimum atomic E-state index is 0.130. The molecule has 0 aromatic heterocycles. The predicted molar refractivity (Wildman–Crippen MR) is 118 cm³/mol. The molecular weight excluding hydrogens is 354 g/mol. The number of thiocarbonyl (C=S) groups is 1. The van der Waals surface area contributed by atoms with Gasteiger partial charge in [0.05, 0.1) is 13.2 Å². The fraction of sp³-hybridized carbons (Fsp3) is 0.409. The van der Waals surface area contributed by atoms with E-state index in [0.717, 1.165) is 30.4 Å². The van der Waals surface area contributed by atoms with E-state index in [4.69, 9.17) is 17.0 Å². The Hall–Kier alpha value is -2.27. The molecule has 5 heteroatoms. The topological polar surface area (TPSA) is 36.5 Å². The highest BCUT2D eigenvalue weighted by atomic mass is 32.1. The van der Waals surface area contributed by atoms with Crippen LogP contribution in [-0.2, 0) is 0 Å². The quantitative estimate of drug-likeness (QED) is 0.712. The number of nitrogens with zero attached hydrogens (tertiary/aromatic N) is 1. The minimum absolute atomic E-state index is 0.130. The highest BCUT2D eigenvalue weighted by Gasteiger charge is 2.17. The van der Waals surface area contributed by atoms with Gasteiger partial charge < -0.3 is 20.3 Å². The number of ether oxygens (including phenoxy) is 1. The van der Waals surface area contributed by atoms with Gasteiger partial charge in [-0.3, -0.25) is 0 Å². The van der Waals surface area contributed by atoms with Crippen molar-refractivity contribution in [3.8, 4) is 5.75 Å². The Kier molecular flexibility index (Phi) is 6.56. The van der Waals surface area contributed by atoms with Gasteiger partial charge in [0.25, 0.3) is 0 Å². The van der Waals surface area contributed by atoms with Crippen LogP contribution >= 0.6 is 12.2 Å². The largest absolute Gasteiger partial charge is 0.497 e. The summed E-state index contributed by atoms with van der Waals surface area (Å²) in [5, 5.41) is 7.17. The van der Waals surface area contributed by atoms with E-state index < -0.39 is 0 Å². The van der Waals surface area contributed by atoms with Gasteiger partial charge in [0.15, 0.2) is 5.11 Å². The Morgan fingerprint density at radius 2 is 2.00 bits per heavy atom. The molecule has 3 rings (SSSR count). The molecule has 4 nitrogen and oxygen atoms in total. The first-order valence-electron chi connectivity index (χ1n) is 9.61. The van der Waals surface area contributed by atoms with Crippen LogP contribution in [0.4, 0.5) is 11.4 Å². The summed E-state index contributed by atoms with van der Waals surface area (Å²) in [6.07, 6.45) is 2.62. The van der Waals surface area contributed by atoms with Gasteiger partial charge in [-0.1, -0.05) is 25.1 Å². The fourth-order valence-electron chi connectivity index (χ4n) is 3.55. The molecule has 2 aromatic carbocycles. The maximum absolute atomic E-state index is 5.46. The lowest BCUT2D eigenvalue weighted by atomic mass is 9.99. The Morgan fingerprint density at radius 1 is 1.22 bits per heavy atom. The van der Waals surface area contributed by atoms with Crippen LogP contribution in [0.15, 0.2) is 48.5 Å². The molecule has 0 aliphatic carbocycles.